The molecule has 28 heavy (non-hydrogen) atoms. The average molecular weight is 393 g/mol. The number of halogens is 3. The summed E-state index contributed by atoms with van der Waals surface area (Å²) >= 11 is 0. The summed E-state index contributed by atoms with van der Waals surface area (Å²) in [4.78, 5) is 23.9. The first-order chi connectivity index (χ1) is 13.2. The van der Waals surface area contributed by atoms with Crippen molar-refractivity contribution >= 4 is 23.6 Å². The van der Waals surface area contributed by atoms with Crippen molar-refractivity contribution in [3.05, 3.63) is 65.7 Å². The van der Waals surface area contributed by atoms with Gasteiger partial charge in [0.25, 0.3) is 5.91 Å². The number of amides is 1. The molecular weight excluding hydrogens is 375 g/mol. The van der Waals surface area contributed by atoms with E-state index in [0.29, 0.717) is 11.3 Å². The Balaban J connectivity index is 1.96. The number of hydrogen-bond acceptors (Lipinski definition) is 4. The van der Waals surface area contributed by atoms with Gasteiger partial charge in [0, 0.05) is 6.08 Å². The number of rotatable bonds is 6. The van der Waals surface area contributed by atoms with Crippen molar-refractivity contribution in [1.29, 1.82) is 0 Å². The monoisotopic (exact) mass is 393 g/mol. The van der Waals surface area contributed by atoms with E-state index < -0.39 is 35.4 Å². The Morgan fingerprint density at radius 3 is 2.32 bits per heavy atom. The van der Waals surface area contributed by atoms with Crippen LogP contribution in [0.25, 0.3) is 6.08 Å². The maximum Gasteiger partial charge on any atom is 0.418 e. The predicted octanol–water partition coefficient (Wildman–Crippen LogP) is 4.30. The van der Waals surface area contributed by atoms with E-state index in [2.05, 4.69) is 5.32 Å². The van der Waals surface area contributed by atoms with Crippen LogP contribution in [0.3, 0.4) is 0 Å². The van der Waals surface area contributed by atoms with Crippen LogP contribution in [0.15, 0.2) is 54.6 Å². The Bertz CT molecular complexity index is 860. The van der Waals surface area contributed by atoms with Crippen molar-refractivity contribution < 1.29 is 32.2 Å². The van der Waals surface area contributed by atoms with Crippen LogP contribution in [0.4, 0.5) is 18.9 Å². The van der Waals surface area contributed by atoms with Gasteiger partial charge in [-0.1, -0.05) is 24.3 Å². The van der Waals surface area contributed by atoms with E-state index in [1.807, 2.05) is 0 Å². The number of hydrogen-bond donors (Lipinski definition) is 1. The van der Waals surface area contributed by atoms with E-state index in [1.54, 1.807) is 24.3 Å². The van der Waals surface area contributed by atoms with E-state index in [1.165, 1.54) is 32.2 Å². The number of nitrogens with one attached hydrogen (secondary N) is 1. The van der Waals surface area contributed by atoms with E-state index in [-0.39, 0.29) is 0 Å². The van der Waals surface area contributed by atoms with Crippen LogP contribution in [0.1, 0.15) is 18.1 Å². The molecule has 0 aromatic heterocycles. The molecule has 0 radical (unpaired) electrons. The highest BCUT2D eigenvalue weighted by Gasteiger charge is 2.34. The van der Waals surface area contributed by atoms with Crippen molar-refractivity contribution in [2.24, 2.45) is 0 Å². The molecule has 2 aromatic carbocycles. The van der Waals surface area contributed by atoms with Crippen LogP contribution < -0.4 is 10.1 Å². The van der Waals surface area contributed by atoms with Crippen molar-refractivity contribution in [3.63, 3.8) is 0 Å². The Kier molecular flexibility index (Phi) is 6.81. The van der Waals surface area contributed by atoms with Crippen molar-refractivity contribution in [2.75, 3.05) is 12.4 Å². The lowest BCUT2D eigenvalue weighted by Crippen LogP contribution is -2.30. The maximum atomic E-state index is 13.0. The molecule has 0 aliphatic heterocycles. The van der Waals surface area contributed by atoms with Gasteiger partial charge in [0.05, 0.1) is 18.4 Å². The van der Waals surface area contributed by atoms with Gasteiger partial charge in [-0.3, -0.25) is 4.79 Å². The van der Waals surface area contributed by atoms with E-state index >= 15 is 0 Å². The Morgan fingerprint density at radius 1 is 1.07 bits per heavy atom. The van der Waals surface area contributed by atoms with Crippen molar-refractivity contribution in [3.8, 4) is 5.75 Å². The molecule has 8 heteroatoms. The lowest BCUT2D eigenvalue weighted by atomic mass is 10.1. The minimum absolute atomic E-state index is 0.406. The minimum atomic E-state index is -4.62. The summed E-state index contributed by atoms with van der Waals surface area (Å²) in [5.41, 5.74) is -0.688. The summed E-state index contributed by atoms with van der Waals surface area (Å²) in [6, 6.07) is 11.4. The van der Waals surface area contributed by atoms with Gasteiger partial charge in [-0.05, 0) is 42.8 Å². The fraction of sp³-hybridized carbons (Fsp3) is 0.200. The number of carbonyl (C=O) groups excluding carboxylic acids is 2. The molecule has 2 rings (SSSR count). The van der Waals surface area contributed by atoms with Gasteiger partial charge in [-0.2, -0.15) is 13.2 Å². The first kappa shape index (κ1) is 21.0. The van der Waals surface area contributed by atoms with Gasteiger partial charge in [0.15, 0.2) is 6.10 Å². The van der Waals surface area contributed by atoms with E-state index in [9.17, 15) is 22.8 Å². The van der Waals surface area contributed by atoms with Crippen LogP contribution in [0.5, 0.6) is 5.75 Å². The van der Waals surface area contributed by atoms with Gasteiger partial charge < -0.3 is 14.8 Å². The SMILES string of the molecule is COc1ccc(/C=C/C(=O)O[C@@H](C)C(=O)Nc2ccccc2C(F)(F)F)cc1. The number of benzene rings is 2. The van der Waals surface area contributed by atoms with Crippen LogP contribution in [-0.2, 0) is 20.5 Å². The number of para-hydroxylation sites is 1. The molecule has 0 unspecified atom stereocenters. The largest absolute Gasteiger partial charge is 0.497 e. The number of esters is 1. The first-order valence-electron chi connectivity index (χ1n) is 8.20. The van der Waals surface area contributed by atoms with Crippen molar-refractivity contribution in [1.82, 2.24) is 0 Å². The Morgan fingerprint density at radius 2 is 1.71 bits per heavy atom. The number of anilines is 1. The van der Waals surface area contributed by atoms with Gasteiger partial charge in [0.2, 0.25) is 0 Å². The minimum Gasteiger partial charge on any atom is -0.497 e. The van der Waals surface area contributed by atoms with Crippen LogP contribution in [0, 0.1) is 0 Å². The zero-order valence-electron chi connectivity index (χ0n) is 15.1. The molecule has 0 fully saturated rings. The fourth-order valence-corrected chi connectivity index (χ4v) is 2.22. The molecule has 5 nitrogen and oxygen atoms in total. The van der Waals surface area contributed by atoms with E-state index in [0.717, 1.165) is 18.2 Å². The summed E-state index contributed by atoms with van der Waals surface area (Å²) in [6.07, 6.45) is -3.31. The molecule has 148 valence electrons. The normalized spacial score (nSPS) is 12.5. The molecule has 0 saturated heterocycles. The number of ether oxygens (including phenoxy) is 2. The lowest BCUT2D eigenvalue weighted by Gasteiger charge is -2.16. The summed E-state index contributed by atoms with van der Waals surface area (Å²) in [5.74, 6) is -1.02. The first-order valence-corrected chi connectivity index (χ1v) is 8.20. The molecule has 0 aliphatic carbocycles. The summed E-state index contributed by atoms with van der Waals surface area (Å²) in [7, 11) is 1.53. The second-order valence-electron chi connectivity index (χ2n) is 5.72. The molecule has 0 heterocycles. The van der Waals surface area contributed by atoms with Crippen LogP contribution in [0.2, 0.25) is 0 Å². The topological polar surface area (TPSA) is 64.6 Å². The zero-order chi connectivity index (χ0) is 20.7. The quantitative estimate of drug-likeness (QED) is 0.587. The van der Waals surface area contributed by atoms with Crippen LogP contribution in [-0.4, -0.2) is 25.1 Å². The van der Waals surface area contributed by atoms with Crippen molar-refractivity contribution in [2.45, 2.75) is 19.2 Å². The molecule has 0 bridgehead atoms. The van der Waals surface area contributed by atoms with Crippen LogP contribution >= 0.6 is 0 Å². The summed E-state index contributed by atoms with van der Waals surface area (Å²) in [6.45, 7) is 1.27. The second-order valence-corrected chi connectivity index (χ2v) is 5.72. The third-order valence-corrected chi connectivity index (χ3v) is 3.68. The second kappa shape index (κ2) is 9.07. The molecule has 1 N–H and O–H groups in total. The highest BCUT2D eigenvalue weighted by molar-refractivity contribution is 5.97. The lowest BCUT2D eigenvalue weighted by molar-refractivity contribution is -0.148. The number of alkyl halides is 3. The fourth-order valence-electron chi connectivity index (χ4n) is 2.22. The number of carbonyl (C=O) groups is 2. The molecule has 2 aromatic rings. The predicted molar refractivity (Wildman–Crippen MR) is 97.7 cm³/mol. The van der Waals surface area contributed by atoms with Gasteiger partial charge in [0.1, 0.15) is 5.75 Å². The Hall–Kier alpha value is -3.29. The zero-order valence-corrected chi connectivity index (χ0v) is 15.1. The Labute approximate surface area is 159 Å². The molecule has 0 aliphatic rings. The highest BCUT2D eigenvalue weighted by atomic mass is 19.4. The third-order valence-electron chi connectivity index (χ3n) is 3.68. The maximum absolute atomic E-state index is 13.0. The summed E-state index contributed by atoms with van der Waals surface area (Å²) < 4.78 is 48.9. The van der Waals surface area contributed by atoms with Gasteiger partial charge >= 0.3 is 12.1 Å². The smallest absolute Gasteiger partial charge is 0.418 e. The standard InChI is InChI=1S/C20H18F3NO4/c1-13(19(26)24-17-6-4-3-5-16(17)20(21,22)23)28-18(25)12-9-14-7-10-15(27-2)11-8-14/h3-13H,1-2H3,(H,24,26)/b12-9+/t13-/m0/s1. The number of methoxy groups -OCH3 is 1. The molecular formula is C20H18F3NO4. The molecule has 1 atom stereocenters. The summed E-state index contributed by atoms with van der Waals surface area (Å²) in [5, 5.41) is 2.13. The average Bonchev–Trinajstić information content (AvgIpc) is 2.66. The highest BCUT2D eigenvalue weighted by Crippen LogP contribution is 2.34. The van der Waals surface area contributed by atoms with Gasteiger partial charge in [-0.15, -0.1) is 0 Å². The third kappa shape index (κ3) is 5.87. The molecule has 0 spiro atoms. The molecule has 0 saturated carbocycles. The van der Waals surface area contributed by atoms with E-state index in [4.69, 9.17) is 9.47 Å². The molecule has 1 amide bonds. The van der Waals surface area contributed by atoms with Gasteiger partial charge in [-0.25, -0.2) is 4.79 Å².